The normalized spacial score (nSPS) is 14.3. The molecule has 0 radical (unpaired) electrons. The molecular formula is C27H27N3O3S. The Balaban J connectivity index is 1.16. The maximum absolute atomic E-state index is 13.1. The lowest BCUT2D eigenvalue weighted by molar-refractivity contribution is -0.126. The van der Waals surface area contributed by atoms with E-state index in [1.165, 1.54) is 16.7 Å². The molecular weight excluding hydrogens is 446 g/mol. The molecule has 1 saturated heterocycles. The van der Waals surface area contributed by atoms with Gasteiger partial charge in [-0.1, -0.05) is 30.3 Å². The van der Waals surface area contributed by atoms with Crippen molar-refractivity contribution in [1.82, 2.24) is 14.8 Å². The zero-order chi connectivity index (χ0) is 23.5. The molecule has 34 heavy (non-hydrogen) atoms. The van der Waals surface area contributed by atoms with E-state index in [1.54, 1.807) is 7.11 Å². The average molecular weight is 474 g/mol. The van der Waals surface area contributed by atoms with Gasteiger partial charge in [-0.2, -0.15) is 0 Å². The quantitative estimate of drug-likeness (QED) is 0.435. The van der Waals surface area contributed by atoms with Crippen LogP contribution in [0.2, 0.25) is 0 Å². The fourth-order valence-corrected chi connectivity index (χ4v) is 5.44. The Hall–Kier alpha value is -3.58. The molecule has 3 heterocycles. The Labute approximate surface area is 202 Å². The second-order valence-electron chi connectivity index (χ2n) is 8.52. The number of para-hydroxylation sites is 1. The highest BCUT2D eigenvalue weighted by atomic mass is 32.1. The number of hydrogen-bond donors (Lipinski definition) is 1. The third-order valence-corrected chi connectivity index (χ3v) is 7.47. The molecule has 1 aliphatic heterocycles. The van der Waals surface area contributed by atoms with E-state index in [-0.39, 0.29) is 17.7 Å². The molecule has 174 valence electrons. The number of rotatable bonds is 6. The van der Waals surface area contributed by atoms with E-state index in [0.717, 1.165) is 26.7 Å². The number of ether oxygens (including phenoxy) is 1. The minimum absolute atomic E-state index is 0.0444. The smallest absolute Gasteiger partial charge is 0.263 e. The van der Waals surface area contributed by atoms with Gasteiger partial charge in [-0.15, -0.1) is 11.3 Å². The van der Waals surface area contributed by atoms with Gasteiger partial charge in [0.2, 0.25) is 5.91 Å². The highest BCUT2D eigenvalue weighted by Crippen LogP contribution is 2.28. The Morgan fingerprint density at radius 1 is 1.03 bits per heavy atom. The highest BCUT2D eigenvalue weighted by molar-refractivity contribution is 7.16. The molecule has 0 unspecified atom stereocenters. The van der Waals surface area contributed by atoms with Crippen LogP contribution in [0.25, 0.3) is 15.9 Å². The van der Waals surface area contributed by atoms with Crippen LogP contribution in [0, 0.1) is 5.92 Å². The predicted molar refractivity (Wildman–Crippen MR) is 135 cm³/mol. The van der Waals surface area contributed by atoms with Crippen LogP contribution in [0.4, 0.5) is 0 Å². The highest BCUT2D eigenvalue weighted by Gasteiger charge is 2.28. The molecule has 1 aliphatic rings. The van der Waals surface area contributed by atoms with Crippen LogP contribution in [-0.2, 0) is 11.3 Å². The van der Waals surface area contributed by atoms with E-state index >= 15 is 0 Å². The SMILES string of the molecule is COc1cccc(CNC(=O)C2CCN(C(=O)c3ccc(-n4ccc5ccccc54)s3)CC2)c1. The largest absolute Gasteiger partial charge is 0.497 e. The van der Waals surface area contributed by atoms with Gasteiger partial charge in [-0.25, -0.2) is 0 Å². The number of aromatic nitrogens is 1. The number of thiophene rings is 1. The first kappa shape index (κ1) is 22.2. The van der Waals surface area contributed by atoms with Gasteiger partial charge in [0.1, 0.15) is 10.8 Å². The topological polar surface area (TPSA) is 63.6 Å². The number of carbonyl (C=O) groups is 2. The summed E-state index contributed by atoms with van der Waals surface area (Å²) in [6.45, 7) is 1.66. The number of amides is 2. The van der Waals surface area contributed by atoms with Gasteiger partial charge in [0, 0.05) is 31.7 Å². The molecule has 0 spiro atoms. The molecule has 4 aromatic rings. The van der Waals surface area contributed by atoms with E-state index in [2.05, 4.69) is 28.1 Å². The fourth-order valence-electron chi connectivity index (χ4n) is 4.46. The Bertz CT molecular complexity index is 1320. The van der Waals surface area contributed by atoms with Crippen LogP contribution < -0.4 is 10.1 Å². The minimum Gasteiger partial charge on any atom is -0.497 e. The zero-order valence-corrected chi connectivity index (χ0v) is 19.9. The number of hydrogen-bond acceptors (Lipinski definition) is 4. The summed E-state index contributed by atoms with van der Waals surface area (Å²) < 4.78 is 7.36. The van der Waals surface area contributed by atoms with Gasteiger partial charge in [0.25, 0.3) is 5.91 Å². The lowest BCUT2D eigenvalue weighted by Gasteiger charge is -2.31. The molecule has 0 aliphatic carbocycles. The number of methoxy groups -OCH3 is 1. The summed E-state index contributed by atoms with van der Waals surface area (Å²) in [4.78, 5) is 28.4. The summed E-state index contributed by atoms with van der Waals surface area (Å²) in [6, 6.07) is 21.9. The second-order valence-corrected chi connectivity index (χ2v) is 9.58. The van der Waals surface area contributed by atoms with Gasteiger partial charge in [0.05, 0.1) is 17.5 Å². The van der Waals surface area contributed by atoms with Crippen molar-refractivity contribution in [2.24, 2.45) is 5.92 Å². The first-order valence-corrected chi connectivity index (χ1v) is 12.3. The molecule has 0 atom stereocenters. The summed E-state index contributed by atoms with van der Waals surface area (Å²) in [7, 11) is 1.63. The van der Waals surface area contributed by atoms with Gasteiger partial charge in [0.15, 0.2) is 0 Å². The van der Waals surface area contributed by atoms with Crippen LogP contribution >= 0.6 is 11.3 Å². The van der Waals surface area contributed by atoms with Crippen LogP contribution in [0.3, 0.4) is 0 Å². The Kier molecular flexibility index (Phi) is 6.36. The number of piperidine rings is 1. The summed E-state index contributed by atoms with van der Waals surface area (Å²) in [5, 5.41) is 5.23. The number of carbonyl (C=O) groups excluding carboxylic acids is 2. The third kappa shape index (κ3) is 4.56. The van der Waals surface area contributed by atoms with E-state index in [4.69, 9.17) is 4.74 Å². The summed E-state index contributed by atoms with van der Waals surface area (Å²) in [5.74, 6) is 0.802. The van der Waals surface area contributed by atoms with Gasteiger partial charge in [-0.05, 0) is 60.2 Å². The van der Waals surface area contributed by atoms with E-state index < -0.39 is 0 Å². The molecule has 0 bridgehead atoms. The van der Waals surface area contributed by atoms with Crippen molar-refractivity contribution in [2.75, 3.05) is 20.2 Å². The van der Waals surface area contributed by atoms with E-state index in [1.807, 2.05) is 59.6 Å². The molecule has 7 heteroatoms. The molecule has 2 aromatic carbocycles. The first-order chi connectivity index (χ1) is 16.6. The zero-order valence-electron chi connectivity index (χ0n) is 19.1. The Morgan fingerprint density at radius 2 is 1.85 bits per heavy atom. The summed E-state index contributed by atoms with van der Waals surface area (Å²) >= 11 is 1.51. The van der Waals surface area contributed by atoms with Crippen molar-refractivity contribution in [3.63, 3.8) is 0 Å². The molecule has 0 saturated carbocycles. The number of likely N-dealkylation sites (tertiary alicyclic amines) is 1. The van der Waals surface area contributed by atoms with Gasteiger partial charge in [-0.3, -0.25) is 9.59 Å². The summed E-state index contributed by atoms with van der Waals surface area (Å²) in [6.07, 6.45) is 3.40. The fraction of sp³-hybridized carbons (Fsp3) is 0.259. The van der Waals surface area contributed by atoms with E-state index in [9.17, 15) is 9.59 Å². The van der Waals surface area contributed by atoms with E-state index in [0.29, 0.717) is 32.5 Å². The van der Waals surface area contributed by atoms with Crippen molar-refractivity contribution in [3.05, 3.63) is 83.4 Å². The number of nitrogens with one attached hydrogen (secondary N) is 1. The van der Waals surface area contributed by atoms with Gasteiger partial charge >= 0.3 is 0 Å². The second kappa shape index (κ2) is 9.73. The predicted octanol–water partition coefficient (Wildman–Crippen LogP) is 4.87. The van der Waals surface area contributed by atoms with Crippen molar-refractivity contribution in [3.8, 4) is 10.8 Å². The molecule has 5 rings (SSSR count). The molecule has 1 fully saturated rings. The van der Waals surface area contributed by atoms with Crippen LogP contribution in [0.1, 0.15) is 28.1 Å². The monoisotopic (exact) mass is 473 g/mol. The summed E-state index contributed by atoms with van der Waals surface area (Å²) in [5.41, 5.74) is 2.13. The van der Waals surface area contributed by atoms with Crippen LogP contribution in [0.15, 0.2) is 72.9 Å². The van der Waals surface area contributed by atoms with Crippen LogP contribution in [0.5, 0.6) is 5.75 Å². The molecule has 1 N–H and O–H groups in total. The number of nitrogens with zero attached hydrogens (tertiary/aromatic N) is 2. The first-order valence-electron chi connectivity index (χ1n) is 11.5. The van der Waals surface area contributed by atoms with Crippen molar-refractivity contribution in [1.29, 1.82) is 0 Å². The molecule has 6 nitrogen and oxygen atoms in total. The molecule has 2 amide bonds. The molecule has 2 aromatic heterocycles. The maximum Gasteiger partial charge on any atom is 0.263 e. The number of fused-ring (bicyclic) bond motifs is 1. The van der Waals surface area contributed by atoms with Gasteiger partial charge < -0.3 is 19.5 Å². The number of benzene rings is 2. The van der Waals surface area contributed by atoms with Crippen molar-refractivity contribution < 1.29 is 14.3 Å². The lowest BCUT2D eigenvalue weighted by Crippen LogP contribution is -2.42. The average Bonchev–Trinajstić information content (AvgIpc) is 3.54. The lowest BCUT2D eigenvalue weighted by atomic mass is 9.95. The van der Waals surface area contributed by atoms with Crippen molar-refractivity contribution >= 4 is 34.1 Å². The van der Waals surface area contributed by atoms with Crippen LogP contribution in [-0.4, -0.2) is 41.5 Å². The minimum atomic E-state index is -0.0696. The van der Waals surface area contributed by atoms with Crippen molar-refractivity contribution in [2.45, 2.75) is 19.4 Å². The Morgan fingerprint density at radius 3 is 2.68 bits per heavy atom. The maximum atomic E-state index is 13.1. The standard InChI is InChI=1S/C27H27N3O3S/c1-33-22-7-4-5-19(17-22)18-28-26(31)21-11-14-29(15-12-21)27(32)24-9-10-25(34-24)30-16-13-20-6-2-3-8-23(20)30/h2-10,13,16-17,21H,11-12,14-15,18H2,1H3,(H,28,31). The third-order valence-electron chi connectivity index (χ3n) is 6.39.